The second kappa shape index (κ2) is 4.80. The molecule has 0 aromatic carbocycles. The van der Waals surface area contributed by atoms with E-state index in [-0.39, 0.29) is 24.0 Å². The molecular formula is C19H24O6. The number of esters is 1. The summed E-state index contributed by atoms with van der Waals surface area (Å²) < 4.78 is 5.41. The van der Waals surface area contributed by atoms with Gasteiger partial charge in [0.2, 0.25) is 0 Å². The van der Waals surface area contributed by atoms with Gasteiger partial charge in [0.05, 0.1) is 12.0 Å². The average molecular weight is 348 g/mol. The van der Waals surface area contributed by atoms with Gasteiger partial charge >= 0.3 is 5.97 Å². The summed E-state index contributed by atoms with van der Waals surface area (Å²) in [6.07, 6.45) is -1.54. The molecule has 6 nitrogen and oxygen atoms in total. The van der Waals surface area contributed by atoms with Crippen molar-refractivity contribution in [2.75, 3.05) is 0 Å². The smallest absolute Gasteiger partial charge is 0.310 e. The highest BCUT2D eigenvalue weighted by molar-refractivity contribution is 5.98. The Morgan fingerprint density at radius 1 is 1.20 bits per heavy atom. The fourth-order valence-corrected chi connectivity index (χ4v) is 6.55. The molecular weight excluding hydrogens is 324 g/mol. The van der Waals surface area contributed by atoms with Gasteiger partial charge in [-0.1, -0.05) is 26.3 Å². The lowest BCUT2D eigenvalue weighted by molar-refractivity contribution is -0.208. The zero-order valence-corrected chi connectivity index (χ0v) is 14.9. The monoisotopic (exact) mass is 348 g/mol. The lowest BCUT2D eigenvalue weighted by Crippen LogP contribution is -2.70. The van der Waals surface area contributed by atoms with Crippen LogP contribution in [-0.4, -0.2) is 46.1 Å². The topological polar surface area (TPSA) is 101 Å². The maximum absolute atomic E-state index is 13.2. The molecule has 2 saturated carbocycles. The van der Waals surface area contributed by atoms with Crippen LogP contribution in [0.5, 0.6) is 0 Å². The first-order valence-corrected chi connectivity index (χ1v) is 8.88. The summed E-state index contributed by atoms with van der Waals surface area (Å²) in [5, 5.41) is 21.9. The summed E-state index contributed by atoms with van der Waals surface area (Å²) in [6, 6.07) is 0. The molecule has 0 aromatic rings. The van der Waals surface area contributed by atoms with E-state index in [4.69, 9.17) is 4.74 Å². The molecule has 1 heterocycles. The van der Waals surface area contributed by atoms with Crippen molar-refractivity contribution < 1.29 is 29.3 Å². The maximum atomic E-state index is 13.2. The van der Waals surface area contributed by atoms with E-state index in [1.807, 2.05) is 6.92 Å². The van der Waals surface area contributed by atoms with Crippen LogP contribution in [0.25, 0.3) is 0 Å². The fourth-order valence-electron chi connectivity index (χ4n) is 6.55. The van der Waals surface area contributed by atoms with Crippen LogP contribution in [-0.2, 0) is 19.1 Å². The van der Waals surface area contributed by atoms with Gasteiger partial charge < -0.3 is 14.9 Å². The number of allylic oxidation sites excluding steroid dienone is 1. The van der Waals surface area contributed by atoms with Crippen molar-refractivity contribution in [1.29, 1.82) is 0 Å². The van der Waals surface area contributed by atoms with Crippen molar-refractivity contribution in [3.8, 4) is 0 Å². The summed E-state index contributed by atoms with van der Waals surface area (Å²) in [5.74, 6) is -2.93. The van der Waals surface area contributed by atoms with Gasteiger partial charge in [0, 0.05) is 29.1 Å². The summed E-state index contributed by atoms with van der Waals surface area (Å²) >= 11 is 0. The molecule has 6 heteroatoms. The van der Waals surface area contributed by atoms with Gasteiger partial charge in [-0.05, 0) is 18.9 Å². The van der Waals surface area contributed by atoms with Crippen LogP contribution in [0.2, 0.25) is 0 Å². The third kappa shape index (κ3) is 1.70. The Bertz CT molecular complexity index is 725. The van der Waals surface area contributed by atoms with E-state index in [9.17, 15) is 24.6 Å². The largest absolute Gasteiger partial charge is 0.459 e. The van der Waals surface area contributed by atoms with Crippen LogP contribution < -0.4 is 0 Å². The molecule has 25 heavy (non-hydrogen) atoms. The summed E-state index contributed by atoms with van der Waals surface area (Å²) in [7, 11) is 0. The molecule has 0 aromatic heterocycles. The fraction of sp³-hybridized carbons (Fsp3) is 0.737. The number of ether oxygens (including phenoxy) is 1. The predicted octanol–water partition coefficient (Wildman–Crippen LogP) is 0.646. The molecule has 136 valence electrons. The zero-order valence-electron chi connectivity index (χ0n) is 14.9. The molecule has 0 spiro atoms. The quantitative estimate of drug-likeness (QED) is 0.623. The van der Waals surface area contributed by atoms with Crippen LogP contribution in [0.1, 0.15) is 34.1 Å². The molecule has 4 rings (SSSR count). The van der Waals surface area contributed by atoms with E-state index >= 15 is 0 Å². The second-order valence-corrected chi connectivity index (χ2v) is 8.73. The molecule has 1 saturated heterocycles. The van der Waals surface area contributed by atoms with Crippen molar-refractivity contribution in [2.45, 2.75) is 52.4 Å². The third-order valence-electron chi connectivity index (χ3n) is 7.71. The number of aliphatic hydroxyl groups excluding tert-OH is 2. The molecule has 3 aliphatic carbocycles. The van der Waals surface area contributed by atoms with Crippen molar-refractivity contribution in [2.24, 2.45) is 34.5 Å². The number of aliphatic hydroxyl groups is 2. The normalized spacial score (nSPS) is 54.6. The third-order valence-corrected chi connectivity index (χ3v) is 7.71. The number of ketones is 2. The maximum Gasteiger partial charge on any atom is 0.310 e. The highest BCUT2D eigenvalue weighted by Gasteiger charge is 2.74. The zero-order chi connectivity index (χ0) is 18.5. The average Bonchev–Trinajstić information content (AvgIpc) is 2.78. The van der Waals surface area contributed by atoms with E-state index in [0.717, 1.165) is 5.57 Å². The van der Waals surface area contributed by atoms with Crippen LogP contribution in [0.4, 0.5) is 0 Å². The Kier molecular flexibility index (Phi) is 3.24. The van der Waals surface area contributed by atoms with Crippen molar-refractivity contribution in [1.82, 2.24) is 0 Å². The highest BCUT2D eigenvalue weighted by Crippen LogP contribution is 2.66. The molecule has 0 unspecified atom stereocenters. The number of Topliss-reactive ketones (excluding diaryl/α,β-unsaturated/α-hetero) is 1. The van der Waals surface area contributed by atoms with E-state index in [1.54, 1.807) is 20.8 Å². The summed E-state index contributed by atoms with van der Waals surface area (Å²) in [4.78, 5) is 38.0. The van der Waals surface area contributed by atoms with Gasteiger partial charge in [0.1, 0.15) is 18.0 Å². The highest BCUT2D eigenvalue weighted by atomic mass is 16.6. The molecule has 9 atom stereocenters. The van der Waals surface area contributed by atoms with Gasteiger partial charge in [-0.15, -0.1) is 0 Å². The van der Waals surface area contributed by atoms with Gasteiger partial charge in [0.15, 0.2) is 5.78 Å². The first kappa shape index (κ1) is 16.9. The lowest BCUT2D eigenvalue weighted by Gasteiger charge is -2.62. The SMILES string of the molecule is CC1=CC(=O)[C@@H](O)[C@@]2(C)[C@H]1CC(=O)[C@@]1(C)[C@H]3C(=O)O[C@H]([C@@H]3C)[C@H](O)[C@@H]12. The van der Waals surface area contributed by atoms with Crippen LogP contribution >= 0.6 is 0 Å². The molecule has 2 bridgehead atoms. The minimum Gasteiger partial charge on any atom is -0.459 e. The van der Waals surface area contributed by atoms with Gasteiger partial charge in [0.25, 0.3) is 0 Å². The number of hydrogen-bond acceptors (Lipinski definition) is 6. The molecule has 4 aliphatic rings. The number of carbonyl (C=O) groups excluding carboxylic acids is 3. The van der Waals surface area contributed by atoms with Crippen molar-refractivity contribution in [3.63, 3.8) is 0 Å². The van der Waals surface area contributed by atoms with E-state index in [0.29, 0.717) is 0 Å². The lowest BCUT2D eigenvalue weighted by atomic mass is 9.40. The van der Waals surface area contributed by atoms with E-state index in [1.165, 1.54) is 6.08 Å². The summed E-state index contributed by atoms with van der Waals surface area (Å²) in [5.41, 5.74) is -1.41. The van der Waals surface area contributed by atoms with Crippen molar-refractivity contribution >= 4 is 17.5 Å². The Hall–Kier alpha value is -1.53. The Morgan fingerprint density at radius 2 is 1.84 bits per heavy atom. The van der Waals surface area contributed by atoms with Gasteiger partial charge in [-0.3, -0.25) is 14.4 Å². The van der Waals surface area contributed by atoms with Crippen molar-refractivity contribution in [3.05, 3.63) is 11.6 Å². The van der Waals surface area contributed by atoms with E-state index < -0.39 is 52.7 Å². The molecule has 0 amide bonds. The Morgan fingerprint density at radius 3 is 2.48 bits per heavy atom. The molecule has 1 aliphatic heterocycles. The molecule has 2 N–H and O–H groups in total. The number of fused-ring (bicyclic) bond motifs is 6. The Balaban J connectivity index is 1.96. The van der Waals surface area contributed by atoms with Crippen LogP contribution in [0.15, 0.2) is 11.6 Å². The van der Waals surface area contributed by atoms with E-state index in [2.05, 4.69) is 0 Å². The number of rotatable bonds is 0. The first-order valence-electron chi connectivity index (χ1n) is 8.88. The molecule has 3 fully saturated rings. The van der Waals surface area contributed by atoms with Gasteiger partial charge in [-0.25, -0.2) is 0 Å². The standard InChI is InChI=1S/C19H24O6/c1-7-5-10(20)16(23)18(3)9(7)6-11(21)19(4)12-8(2)14(25-17(12)24)13(22)15(18)19/h5,8-9,12-16,22-23H,6H2,1-4H3/t8-,9+,12-,13+,14-,15-,16-,18+,19+/m1/s1. The minimum atomic E-state index is -1.31. The first-order chi connectivity index (χ1) is 11.6. The van der Waals surface area contributed by atoms with Crippen LogP contribution in [0.3, 0.4) is 0 Å². The minimum absolute atomic E-state index is 0.0949. The summed E-state index contributed by atoms with van der Waals surface area (Å²) in [6.45, 7) is 7.09. The number of hydrogen-bond donors (Lipinski definition) is 2. The number of carbonyl (C=O) groups is 3. The predicted molar refractivity (Wildman–Crippen MR) is 86.1 cm³/mol. The molecule has 0 radical (unpaired) electrons. The second-order valence-electron chi connectivity index (χ2n) is 8.73. The Labute approximate surface area is 146 Å². The van der Waals surface area contributed by atoms with Crippen LogP contribution in [0, 0.1) is 34.5 Å². The van der Waals surface area contributed by atoms with Gasteiger partial charge in [-0.2, -0.15) is 0 Å².